The number of aromatic nitrogens is 2. The van der Waals surface area contributed by atoms with Gasteiger partial charge in [0.1, 0.15) is 10.4 Å². The number of nitrogens with zero attached hydrogens (tertiary/aromatic N) is 1. The van der Waals surface area contributed by atoms with Crippen molar-refractivity contribution in [2.45, 2.75) is 11.9 Å². The fourth-order valence-electron chi connectivity index (χ4n) is 1.67. The lowest BCUT2D eigenvalue weighted by Crippen LogP contribution is -2.18. The number of methoxy groups -OCH3 is 1. The Hall–Kier alpha value is -2.40. The summed E-state index contributed by atoms with van der Waals surface area (Å²) in [5.41, 5.74) is -0.180. The van der Waals surface area contributed by atoms with E-state index < -0.39 is 27.0 Å². The average molecular weight is 359 g/mol. The van der Waals surface area contributed by atoms with E-state index in [9.17, 15) is 18.0 Å². The van der Waals surface area contributed by atoms with Gasteiger partial charge >= 0.3 is 11.9 Å². The average Bonchev–Trinajstić information content (AvgIpc) is 3.15. The largest absolute Gasteiger partial charge is 0.465 e. The van der Waals surface area contributed by atoms with Crippen LogP contribution in [0.3, 0.4) is 0 Å². The molecule has 0 spiro atoms. The lowest BCUT2D eigenvalue weighted by molar-refractivity contribution is 0.0521. The van der Waals surface area contributed by atoms with Crippen LogP contribution in [0.5, 0.6) is 0 Å². The molecule has 23 heavy (non-hydrogen) atoms. The highest BCUT2D eigenvalue weighted by Crippen LogP contribution is 2.26. The van der Waals surface area contributed by atoms with Crippen LogP contribution in [0, 0.1) is 0 Å². The number of esters is 2. The van der Waals surface area contributed by atoms with E-state index >= 15 is 0 Å². The molecule has 2 aromatic heterocycles. The number of sulfonamides is 1. The van der Waals surface area contributed by atoms with Gasteiger partial charge in [-0.05, 0) is 18.4 Å². The Labute approximate surface area is 135 Å². The number of rotatable bonds is 6. The molecule has 0 saturated heterocycles. The smallest absolute Gasteiger partial charge is 0.350 e. The lowest BCUT2D eigenvalue weighted by atomic mass is 10.4. The molecule has 0 saturated carbocycles. The number of hydrogen-bond acceptors (Lipinski definition) is 8. The third kappa shape index (κ3) is 3.51. The molecule has 2 aromatic rings. The van der Waals surface area contributed by atoms with Crippen LogP contribution in [0.15, 0.2) is 22.7 Å². The van der Waals surface area contributed by atoms with E-state index in [1.54, 1.807) is 6.92 Å². The predicted octanol–water partition coefficient (Wildman–Crippen LogP) is 1.24. The summed E-state index contributed by atoms with van der Waals surface area (Å²) in [6, 6.07) is 1.41. The molecule has 0 amide bonds. The number of H-pyrrole nitrogens is 1. The van der Waals surface area contributed by atoms with Gasteiger partial charge in [0.15, 0.2) is 5.03 Å². The first-order valence-electron chi connectivity index (χ1n) is 6.29. The fraction of sp³-hybridized carbons (Fsp3) is 0.250. The van der Waals surface area contributed by atoms with Crippen molar-refractivity contribution in [3.8, 4) is 0 Å². The van der Waals surface area contributed by atoms with Crippen molar-refractivity contribution in [3.63, 3.8) is 0 Å². The first-order valence-corrected chi connectivity index (χ1v) is 8.66. The molecule has 0 aliphatic rings. The van der Waals surface area contributed by atoms with E-state index in [0.717, 1.165) is 17.5 Å². The van der Waals surface area contributed by atoms with Gasteiger partial charge in [-0.25, -0.2) is 9.59 Å². The summed E-state index contributed by atoms with van der Waals surface area (Å²) < 4.78 is 36.4. The van der Waals surface area contributed by atoms with Crippen LogP contribution in [-0.2, 0) is 19.5 Å². The highest BCUT2D eigenvalue weighted by atomic mass is 32.2. The summed E-state index contributed by atoms with van der Waals surface area (Å²) in [5, 5.41) is 6.89. The maximum atomic E-state index is 12.4. The zero-order valence-electron chi connectivity index (χ0n) is 12.2. The zero-order chi connectivity index (χ0) is 17.0. The van der Waals surface area contributed by atoms with Gasteiger partial charge in [0.25, 0.3) is 10.0 Å². The van der Waals surface area contributed by atoms with Crippen LogP contribution >= 0.6 is 11.3 Å². The van der Waals surface area contributed by atoms with E-state index in [1.165, 1.54) is 18.6 Å². The van der Waals surface area contributed by atoms with Crippen molar-refractivity contribution in [1.29, 1.82) is 0 Å². The standard InChI is InChI=1S/C12H13N3O6S2/c1-3-21-11(16)7-6-13-14-10(7)23(18,19)15-8-4-5-22-9(8)12(17)20-2/h4-6,15H,3H2,1-2H3,(H,13,14). The van der Waals surface area contributed by atoms with Crippen LogP contribution < -0.4 is 4.72 Å². The Kier molecular flexibility index (Phi) is 5.01. The molecule has 0 aromatic carbocycles. The normalized spacial score (nSPS) is 11.0. The van der Waals surface area contributed by atoms with Crippen LogP contribution in [0.1, 0.15) is 27.0 Å². The van der Waals surface area contributed by atoms with Crippen LogP contribution in [0.25, 0.3) is 0 Å². The van der Waals surface area contributed by atoms with Crippen LogP contribution in [-0.4, -0.2) is 44.3 Å². The molecule has 0 radical (unpaired) electrons. The Morgan fingerprint density at radius 2 is 2.13 bits per heavy atom. The van der Waals surface area contributed by atoms with Gasteiger partial charge in [0, 0.05) is 0 Å². The maximum absolute atomic E-state index is 12.4. The third-order valence-electron chi connectivity index (χ3n) is 2.65. The molecular weight excluding hydrogens is 346 g/mol. The van der Waals surface area contributed by atoms with Crippen molar-refractivity contribution < 1.29 is 27.5 Å². The van der Waals surface area contributed by atoms with Crippen molar-refractivity contribution in [3.05, 3.63) is 28.1 Å². The highest BCUT2D eigenvalue weighted by molar-refractivity contribution is 7.92. The predicted molar refractivity (Wildman–Crippen MR) is 81.0 cm³/mol. The van der Waals surface area contributed by atoms with Gasteiger partial charge in [-0.1, -0.05) is 0 Å². The second-order valence-corrected chi connectivity index (χ2v) is 6.63. The van der Waals surface area contributed by atoms with Gasteiger partial charge in [-0.3, -0.25) is 9.82 Å². The Balaban J connectivity index is 2.34. The third-order valence-corrected chi connectivity index (χ3v) is 4.88. The number of nitrogens with one attached hydrogen (secondary N) is 2. The summed E-state index contributed by atoms with van der Waals surface area (Å²) >= 11 is 1.02. The van der Waals surface area contributed by atoms with E-state index in [0.29, 0.717) is 0 Å². The monoisotopic (exact) mass is 359 g/mol. The molecule has 0 atom stereocenters. The summed E-state index contributed by atoms with van der Waals surface area (Å²) in [4.78, 5) is 23.4. The Bertz CT molecular complexity index is 823. The van der Waals surface area contributed by atoms with Gasteiger partial charge in [-0.15, -0.1) is 11.3 Å². The SMILES string of the molecule is CCOC(=O)c1cn[nH]c1S(=O)(=O)Nc1ccsc1C(=O)OC. The van der Waals surface area contributed by atoms with Crippen molar-refractivity contribution in [2.24, 2.45) is 0 Å². The first-order chi connectivity index (χ1) is 10.9. The molecule has 11 heteroatoms. The molecular formula is C12H13N3O6S2. The first kappa shape index (κ1) is 17.0. The molecule has 2 N–H and O–H groups in total. The van der Waals surface area contributed by atoms with Gasteiger partial charge in [0.05, 0.1) is 25.6 Å². The van der Waals surface area contributed by atoms with Gasteiger partial charge in [0.2, 0.25) is 0 Å². The summed E-state index contributed by atoms with van der Waals surface area (Å²) in [5.74, 6) is -1.49. The van der Waals surface area contributed by atoms with Crippen LogP contribution in [0.4, 0.5) is 5.69 Å². The highest BCUT2D eigenvalue weighted by Gasteiger charge is 2.27. The Morgan fingerprint density at radius 3 is 2.78 bits per heavy atom. The molecule has 0 aliphatic carbocycles. The van der Waals surface area contributed by atoms with E-state index in [-0.39, 0.29) is 22.7 Å². The second-order valence-electron chi connectivity index (χ2n) is 4.09. The van der Waals surface area contributed by atoms with Gasteiger partial charge < -0.3 is 9.47 Å². The summed E-state index contributed by atoms with van der Waals surface area (Å²) in [6.07, 6.45) is 1.06. The number of thiophene rings is 1. The Morgan fingerprint density at radius 1 is 1.39 bits per heavy atom. The molecule has 2 rings (SSSR count). The second kappa shape index (κ2) is 6.79. The van der Waals surface area contributed by atoms with Crippen molar-refractivity contribution >= 4 is 39.0 Å². The number of ether oxygens (including phenoxy) is 2. The molecule has 124 valence electrons. The number of aromatic amines is 1. The quantitative estimate of drug-likeness (QED) is 0.743. The molecule has 2 heterocycles. The van der Waals surface area contributed by atoms with E-state index in [1.807, 2.05) is 0 Å². The van der Waals surface area contributed by atoms with Crippen LogP contribution in [0.2, 0.25) is 0 Å². The van der Waals surface area contributed by atoms with Gasteiger partial charge in [-0.2, -0.15) is 13.5 Å². The molecule has 9 nitrogen and oxygen atoms in total. The lowest BCUT2D eigenvalue weighted by Gasteiger charge is -2.08. The van der Waals surface area contributed by atoms with Crippen molar-refractivity contribution in [2.75, 3.05) is 18.4 Å². The zero-order valence-corrected chi connectivity index (χ0v) is 13.8. The summed E-state index contributed by atoms with van der Waals surface area (Å²) in [7, 11) is -2.98. The number of carbonyl (C=O) groups excluding carboxylic acids is 2. The van der Waals surface area contributed by atoms with Crippen molar-refractivity contribution in [1.82, 2.24) is 10.2 Å². The number of carbonyl (C=O) groups is 2. The van der Waals surface area contributed by atoms with E-state index in [2.05, 4.69) is 19.7 Å². The molecule has 0 bridgehead atoms. The maximum Gasteiger partial charge on any atom is 0.350 e. The minimum absolute atomic E-state index is 0.0475. The molecule has 0 aliphatic heterocycles. The number of hydrogen-bond donors (Lipinski definition) is 2. The minimum Gasteiger partial charge on any atom is -0.465 e. The minimum atomic E-state index is -4.17. The fourth-order valence-corrected chi connectivity index (χ4v) is 3.66. The topological polar surface area (TPSA) is 127 Å². The summed E-state index contributed by atoms with van der Waals surface area (Å²) in [6.45, 7) is 1.69. The van der Waals surface area contributed by atoms with E-state index in [4.69, 9.17) is 4.74 Å². The number of anilines is 1. The molecule has 0 unspecified atom stereocenters. The molecule has 0 fully saturated rings.